The maximum Gasteiger partial charge on any atom is 0.276 e. The summed E-state index contributed by atoms with van der Waals surface area (Å²) in [6.45, 7) is 6.60. The van der Waals surface area contributed by atoms with Crippen LogP contribution in [-0.4, -0.2) is 35.4 Å². The molecule has 8 nitrogen and oxygen atoms in total. The van der Waals surface area contributed by atoms with Gasteiger partial charge in [-0.1, -0.05) is 0 Å². The molecule has 3 aromatic heterocycles. The molecule has 0 atom stereocenters. The Balaban J connectivity index is 1.52. The molecule has 26 heavy (non-hydrogen) atoms. The van der Waals surface area contributed by atoms with Gasteiger partial charge in [0.05, 0.1) is 11.9 Å². The lowest BCUT2D eigenvalue weighted by Crippen LogP contribution is -2.13. The molecule has 1 amide bonds. The lowest BCUT2D eigenvalue weighted by atomic mass is 10.3. The summed E-state index contributed by atoms with van der Waals surface area (Å²) < 4.78 is 3.46. The van der Waals surface area contributed by atoms with E-state index in [0.29, 0.717) is 17.3 Å². The van der Waals surface area contributed by atoms with Gasteiger partial charge in [-0.3, -0.25) is 9.48 Å². The van der Waals surface area contributed by atoms with E-state index in [1.807, 2.05) is 37.7 Å². The van der Waals surface area contributed by atoms with Crippen LogP contribution in [0.3, 0.4) is 0 Å². The molecular weight excluding hydrogens is 330 g/mol. The fourth-order valence-electron chi connectivity index (χ4n) is 2.88. The summed E-state index contributed by atoms with van der Waals surface area (Å²) in [7, 11) is 0. The molecule has 3 heterocycles. The third kappa shape index (κ3) is 3.49. The van der Waals surface area contributed by atoms with Gasteiger partial charge in [0, 0.05) is 29.8 Å². The summed E-state index contributed by atoms with van der Waals surface area (Å²) in [5.41, 5.74) is 3.50. The minimum Gasteiger partial charge on any atom is -0.318 e. The van der Waals surface area contributed by atoms with Crippen LogP contribution < -0.4 is 5.32 Å². The molecule has 1 aliphatic rings. The van der Waals surface area contributed by atoms with E-state index in [0.717, 1.165) is 29.5 Å². The lowest BCUT2D eigenvalue weighted by Gasteiger charge is -2.04. The van der Waals surface area contributed by atoms with Gasteiger partial charge in [0.2, 0.25) is 0 Å². The van der Waals surface area contributed by atoms with Crippen molar-refractivity contribution in [1.82, 2.24) is 29.5 Å². The molecule has 0 unspecified atom stereocenters. The topological polar surface area (TPSA) is 90.5 Å². The lowest BCUT2D eigenvalue weighted by molar-refractivity contribution is 0.102. The first-order valence-electron chi connectivity index (χ1n) is 8.71. The minimum absolute atomic E-state index is 0.276. The molecule has 0 aromatic carbocycles. The molecule has 0 radical (unpaired) electrons. The largest absolute Gasteiger partial charge is 0.318 e. The Kier molecular flexibility index (Phi) is 4.02. The fraction of sp³-hybridized carbons (Fsp3) is 0.389. The molecule has 134 valence electrons. The summed E-state index contributed by atoms with van der Waals surface area (Å²) in [6.07, 6.45) is 6.04. The zero-order valence-corrected chi connectivity index (χ0v) is 15.1. The highest BCUT2D eigenvalue weighted by molar-refractivity contribution is 6.02. The van der Waals surface area contributed by atoms with E-state index in [4.69, 9.17) is 0 Å². The molecule has 0 spiro atoms. The predicted octanol–water partition coefficient (Wildman–Crippen LogP) is 2.45. The van der Waals surface area contributed by atoms with Crippen LogP contribution in [-0.2, 0) is 6.54 Å². The van der Waals surface area contributed by atoms with E-state index in [2.05, 4.69) is 25.5 Å². The number of nitrogens with one attached hydrogen (secondary N) is 1. The van der Waals surface area contributed by atoms with E-state index in [-0.39, 0.29) is 5.91 Å². The highest BCUT2D eigenvalue weighted by Crippen LogP contribution is 2.30. The van der Waals surface area contributed by atoms with E-state index in [1.165, 1.54) is 12.8 Å². The maximum atomic E-state index is 12.5. The zero-order chi connectivity index (χ0) is 18.3. The Hall–Kier alpha value is -3.03. The van der Waals surface area contributed by atoms with Crippen LogP contribution in [0.2, 0.25) is 0 Å². The van der Waals surface area contributed by atoms with Crippen LogP contribution in [0.15, 0.2) is 24.5 Å². The van der Waals surface area contributed by atoms with Gasteiger partial charge >= 0.3 is 0 Å². The average Bonchev–Trinajstić information content (AvgIpc) is 3.13. The molecule has 1 saturated carbocycles. The summed E-state index contributed by atoms with van der Waals surface area (Å²) in [5.74, 6) is 0.924. The van der Waals surface area contributed by atoms with Crippen molar-refractivity contribution >= 4 is 11.6 Å². The summed E-state index contributed by atoms with van der Waals surface area (Å²) in [4.78, 5) is 21.3. The Morgan fingerprint density at radius 1 is 1.19 bits per heavy atom. The van der Waals surface area contributed by atoms with Gasteiger partial charge in [-0.2, -0.15) is 10.2 Å². The van der Waals surface area contributed by atoms with Gasteiger partial charge < -0.3 is 5.32 Å². The summed E-state index contributed by atoms with van der Waals surface area (Å²) in [6, 6.07) is 3.63. The van der Waals surface area contributed by atoms with Crippen molar-refractivity contribution in [3.05, 3.63) is 47.3 Å². The molecule has 0 saturated heterocycles. The number of hydrogen-bond acceptors (Lipinski definition) is 5. The fourth-order valence-corrected chi connectivity index (χ4v) is 2.88. The monoisotopic (exact) mass is 351 g/mol. The van der Waals surface area contributed by atoms with Crippen LogP contribution >= 0.6 is 0 Å². The Labute approximate surface area is 151 Å². The average molecular weight is 351 g/mol. The third-order valence-corrected chi connectivity index (χ3v) is 4.31. The Morgan fingerprint density at radius 3 is 2.62 bits per heavy atom. The number of carbonyl (C=O) groups is 1. The smallest absolute Gasteiger partial charge is 0.276 e. The molecule has 3 aromatic rings. The molecule has 4 rings (SSSR count). The number of rotatable bonds is 5. The molecule has 1 aliphatic carbocycles. The van der Waals surface area contributed by atoms with E-state index >= 15 is 0 Å². The van der Waals surface area contributed by atoms with Crippen molar-refractivity contribution < 1.29 is 4.79 Å². The second-order valence-corrected chi connectivity index (χ2v) is 6.88. The van der Waals surface area contributed by atoms with Gasteiger partial charge in [0.25, 0.3) is 11.9 Å². The summed E-state index contributed by atoms with van der Waals surface area (Å²) in [5, 5.41) is 11.5. The number of anilines is 1. The Morgan fingerprint density at radius 2 is 1.92 bits per heavy atom. The number of carbonyl (C=O) groups excluding carboxylic acids is 1. The zero-order valence-electron chi connectivity index (χ0n) is 15.1. The molecule has 0 aliphatic heterocycles. The number of aryl methyl sites for hydroxylation is 3. The quantitative estimate of drug-likeness (QED) is 0.762. The third-order valence-electron chi connectivity index (χ3n) is 4.31. The van der Waals surface area contributed by atoms with Crippen LogP contribution in [0.1, 0.15) is 40.4 Å². The second kappa shape index (κ2) is 6.36. The van der Waals surface area contributed by atoms with Crippen molar-refractivity contribution in [1.29, 1.82) is 0 Å². The van der Waals surface area contributed by atoms with Crippen molar-refractivity contribution in [2.45, 2.75) is 40.2 Å². The Bertz CT molecular complexity index is 948. The molecule has 0 bridgehead atoms. The second-order valence-electron chi connectivity index (χ2n) is 6.88. The van der Waals surface area contributed by atoms with Crippen molar-refractivity contribution in [2.75, 3.05) is 5.32 Å². The van der Waals surface area contributed by atoms with Crippen molar-refractivity contribution in [2.24, 2.45) is 5.92 Å². The molecule has 8 heteroatoms. The van der Waals surface area contributed by atoms with Crippen LogP contribution in [0.5, 0.6) is 0 Å². The van der Waals surface area contributed by atoms with Gasteiger partial charge in [-0.25, -0.2) is 14.6 Å². The number of amides is 1. The number of aromatic nitrogens is 6. The van der Waals surface area contributed by atoms with E-state index < -0.39 is 0 Å². The SMILES string of the molecule is Cc1cc(C)nc(-n2nc(C(=O)Nc3cnn(CC4CC4)c3)cc2C)n1. The van der Waals surface area contributed by atoms with Crippen LogP contribution in [0, 0.1) is 26.7 Å². The highest BCUT2D eigenvalue weighted by Gasteiger charge is 2.22. The minimum atomic E-state index is -0.276. The van der Waals surface area contributed by atoms with Crippen LogP contribution in [0.25, 0.3) is 5.95 Å². The first-order valence-corrected chi connectivity index (χ1v) is 8.71. The van der Waals surface area contributed by atoms with Crippen LogP contribution in [0.4, 0.5) is 5.69 Å². The van der Waals surface area contributed by atoms with Gasteiger partial charge in [-0.15, -0.1) is 0 Å². The van der Waals surface area contributed by atoms with Crippen molar-refractivity contribution in [3.63, 3.8) is 0 Å². The summed E-state index contributed by atoms with van der Waals surface area (Å²) >= 11 is 0. The normalized spacial score (nSPS) is 13.8. The first-order chi connectivity index (χ1) is 12.5. The van der Waals surface area contributed by atoms with Crippen molar-refractivity contribution in [3.8, 4) is 5.95 Å². The number of hydrogen-bond donors (Lipinski definition) is 1. The molecule has 1 fully saturated rings. The predicted molar refractivity (Wildman–Crippen MR) is 96.3 cm³/mol. The maximum absolute atomic E-state index is 12.5. The molecule has 1 N–H and O–H groups in total. The van der Waals surface area contributed by atoms with E-state index in [9.17, 15) is 4.79 Å². The highest BCUT2D eigenvalue weighted by atomic mass is 16.2. The number of nitrogens with zero attached hydrogens (tertiary/aromatic N) is 6. The van der Waals surface area contributed by atoms with Gasteiger partial charge in [0.15, 0.2) is 5.69 Å². The molecular formula is C18H21N7O. The first kappa shape index (κ1) is 16.4. The van der Waals surface area contributed by atoms with E-state index in [1.54, 1.807) is 16.9 Å². The van der Waals surface area contributed by atoms with Gasteiger partial charge in [0.1, 0.15) is 0 Å². The van der Waals surface area contributed by atoms with Gasteiger partial charge in [-0.05, 0) is 51.7 Å². The standard InChI is InChI=1S/C18H21N7O/c1-11-6-12(2)21-18(20-11)25-13(3)7-16(23-25)17(26)22-15-8-19-24(10-15)9-14-4-5-14/h6-8,10,14H,4-5,9H2,1-3H3,(H,22,26).